The minimum atomic E-state index is -0.255. The van der Waals surface area contributed by atoms with Crippen molar-refractivity contribution in [3.63, 3.8) is 0 Å². The molecule has 0 unspecified atom stereocenters. The summed E-state index contributed by atoms with van der Waals surface area (Å²) >= 11 is 0. The average molecular weight is 277 g/mol. The van der Waals surface area contributed by atoms with Crippen LogP contribution in [0.4, 0.5) is 0 Å². The number of nitrogens with one attached hydrogen (secondary N) is 1. The first kappa shape index (κ1) is 16.7. The van der Waals surface area contributed by atoms with Crippen LogP contribution in [-0.2, 0) is 4.74 Å². The van der Waals surface area contributed by atoms with Crippen LogP contribution in [0.2, 0.25) is 0 Å². The summed E-state index contributed by atoms with van der Waals surface area (Å²) in [5.41, 5.74) is 1.83. The smallest absolute Gasteiger partial charge is 0.338 e. The van der Waals surface area contributed by atoms with Crippen LogP contribution >= 0.6 is 0 Å². The highest BCUT2D eigenvalue weighted by Crippen LogP contribution is 2.21. The van der Waals surface area contributed by atoms with Crippen LogP contribution in [0.5, 0.6) is 0 Å². The molecule has 1 atom stereocenters. The third-order valence-electron chi connectivity index (χ3n) is 3.27. The van der Waals surface area contributed by atoms with Crippen molar-refractivity contribution in [1.29, 1.82) is 0 Å². The summed E-state index contributed by atoms with van der Waals surface area (Å²) in [7, 11) is 1.98. The summed E-state index contributed by atoms with van der Waals surface area (Å²) in [6.45, 7) is 8.18. The molecular weight excluding hydrogens is 250 g/mol. The van der Waals surface area contributed by atoms with Crippen molar-refractivity contribution in [1.82, 2.24) is 5.32 Å². The van der Waals surface area contributed by atoms with Gasteiger partial charge < -0.3 is 10.1 Å². The highest BCUT2D eigenvalue weighted by molar-refractivity contribution is 5.89. The summed E-state index contributed by atoms with van der Waals surface area (Å²) in [5, 5.41) is 3.34. The van der Waals surface area contributed by atoms with Crippen LogP contribution < -0.4 is 5.32 Å². The Balaban J connectivity index is 2.71. The molecule has 0 aliphatic heterocycles. The zero-order chi connectivity index (χ0) is 15.1. The third kappa shape index (κ3) is 5.33. The van der Waals surface area contributed by atoms with Crippen molar-refractivity contribution in [2.24, 2.45) is 5.92 Å². The van der Waals surface area contributed by atoms with Gasteiger partial charge in [0.1, 0.15) is 0 Å². The van der Waals surface area contributed by atoms with Crippen LogP contribution in [0, 0.1) is 5.92 Å². The van der Waals surface area contributed by atoms with Gasteiger partial charge in [0.25, 0.3) is 0 Å². The molecule has 1 rings (SSSR count). The first-order valence-electron chi connectivity index (χ1n) is 7.42. The second-order valence-corrected chi connectivity index (χ2v) is 5.89. The molecule has 0 saturated heterocycles. The largest absolute Gasteiger partial charge is 0.459 e. The van der Waals surface area contributed by atoms with Crippen molar-refractivity contribution in [3.05, 3.63) is 35.4 Å². The van der Waals surface area contributed by atoms with Gasteiger partial charge in [-0.25, -0.2) is 4.79 Å². The average Bonchev–Trinajstić information content (AvgIpc) is 2.39. The quantitative estimate of drug-likeness (QED) is 0.767. The number of ether oxygens (including phenoxy) is 1. The summed E-state index contributed by atoms with van der Waals surface area (Å²) in [6.07, 6.45) is 2.20. The summed E-state index contributed by atoms with van der Waals surface area (Å²) in [6, 6.07) is 8.06. The summed E-state index contributed by atoms with van der Waals surface area (Å²) in [5.74, 6) is 0.445. The van der Waals surface area contributed by atoms with E-state index in [9.17, 15) is 4.79 Å². The van der Waals surface area contributed by atoms with Crippen LogP contribution in [0.3, 0.4) is 0 Å². The lowest BCUT2D eigenvalue weighted by atomic mass is 9.97. The molecule has 112 valence electrons. The van der Waals surface area contributed by atoms with E-state index in [2.05, 4.69) is 19.2 Å². The van der Waals surface area contributed by atoms with Crippen molar-refractivity contribution in [3.8, 4) is 0 Å². The third-order valence-corrected chi connectivity index (χ3v) is 3.27. The normalized spacial score (nSPS) is 12.8. The van der Waals surface area contributed by atoms with E-state index in [0.717, 1.165) is 6.42 Å². The molecule has 3 heteroatoms. The second-order valence-electron chi connectivity index (χ2n) is 5.89. The topological polar surface area (TPSA) is 38.3 Å². The highest BCUT2D eigenvalue weighted by Gasteiger charge is 2.12. The lowest BCUT2D eigenvalue weighted by molar-refractivity contribution is 0.0378. The molecule has 0 heterocycles. The molecule has 1 aromatic carbocycles. The van der Waals surface area contributed by atoms with E-state index < -0.39 is 0 Å². The number of rotatable bonds is 7. The monoisotopic (exact) mass is 277 g/mol. The van der Waals surface area contributed by atoms with Gasteiger partial charge in [0, 0.05) is 6.04 Å². The van der Waals surface area contributed by atoms with E-state index in [1.165, 1.54) is 12.0 Å². The van der Waals surface area contributed by atoms with Gasteiger partial charge in [-0.15, -0.1) is 0 Å². The molecule has 0 fully saturated rings. The van der Waals surface area contributed by atoms with Gasteiger partial charge in [0.15, 0.2) is 0 Å². The minimum absolute atomic E-state index is 0.0849. The van der Waals surface area contributed by atoms with E-state index in [4.69, 9.17) is 4.74 Å². The molecule has 0 saturated carbocycles. The van der Waals surface area contributed by atoms with Gasteiger partial charge in [-0.3, -0.25) is 0 Å². The Labute approximate surface area is 122 Å². The molecule has 3 nitrogen and oxygen atoms in total. The highest BCUT2D eigenvalue weighted by atomic mass is 16.5. The lowest BCUT2D eigenvalue weighted by Gasteiger charge is -2.18. The Morgan fingerprint density at radius 3 is 2.15 bits per heavy atom. The maximum absolute atomic E-state index is 11.8. The standard InChI is InChI=1S/C17H27NO2/c1-12(2)6-11-16(18-5)14-7-9-15(10-8-14)17(19)20-13(3)4/h7-10,12-13,16,18H,6,11H2,1-5H3/t16-/m1/s1. The van der Waals surface area contributed by atoms with Crippen LogP contribution in [-0.4, -0.2) is 19.1 Å². The predicted molar refractivity (Wildman–Crippen MR) is 82.9 cm³/mol. The van der Waals surface area contributed by atoms with Crippen molar-refractivity contribution < 1.29 is 9.53 Å². The molecule has 0 aliphatic carbocycles. The number of hydrogen-bond donors (Lipinski definition) is 1. The fourth-order valence-corrected chi connectivity index (χ4v) is 2.11. The van der Waals surface area contributed by atoms with Gasteiger partial charge >= 0.3 is 5.97 Å². The van der Waals surface area contributed by atoms with Gasteiger partial charge in [-0.1, -0.05) is 26.0 Å². The van der Waals surface area contributed by atoms with Crippen molar-refractivity contribution >= 4 is 5.97 Å². The van der Waals surface area contributed by atoms with Crippen molar-refractivity contribution in [2.75, 3.05) is 7.05 Å². The Hall–Kier alpha value is -1.35. The van der Waals surface area contributed by atoms with Gasteiger partial charge in [-0.05, 0) is 57.4 Å². The lowest BCUT2D eigenvalue weighted by Crippen LogP contribution is -2.17. The van der Waals surface area contributed by atoms with E-state index >= 15 is 0 Å². The second kappa shape index (κ2) is 8.05. The van der Waals surface area contributed by atoms with E-state index in [1.54, 1.807) is 0 Å². The molecule has 1 aromatic rings. The van der Waals surface area contributed by atoms with E-state index in [1.807, 2.05) is 45.2 Å². The Morgan fingerprint density at radius 2 is 1.70 bits per heavy atom. The Morgan fingerprint density at radius 1 is 1.10 bits per heavy atom. The number of carbonyl (C=O) groups is 1. The fourth-order valence-electron chi connectivity index (χ4n) is 2.11. The number of hydrogen-bond acceptors (Lipinski definition) is 3. The summed E-state index contributed by atoms with van der Waals surface area (Å²) < 4.78 is 5.19. The molecule has 0 radical (unpaired) electrons. The van der Waals surface area contributed by atoms with Crippen molar-refractivity contribution in [2.45, 2.75) is 52.7 Å². The molecule has 0 spiro atoms. The number of carbonyl (C=O) groups excluding carboxylic acids is 1. The van der Waals surface area contributed by atoms with Gasteiger partial charge in [0.2, 0.25) is 0 Å². The van der Waals surface area contributed by atoms with Gasteiger partial charge in [-0.2, -0.15) is 0 Å². The minimum Gasteiger partial charge on any atom is -0.459 e. The predicted octanol–water partition coefficient (Wildman–Crippen LogP) is 3.95. The maximum atomic E-state index is 11.8. The first-order chi connectivity index (χ1) is 9.43. The first-order valence-corrected chi connectivity index (χ1v) is 7.42. The molecule has 0 aliphatic rings. The van der Waals surface area contributed by atoms with Crippen LogP contribution in [0.15, 0.2) is 24.3 Å². The fraction of sp³-hybridized carbons (Fsp3) is 0.588. The number of benzene rings is 1. The van der Waals surface area contributed by atoms with Crippen LogP contribution in [0.25, 0.3) is 0 Å². The zero-order valence-corrected chi connectivity index (χ0v) is 13.3. The Kier molecular flexibility index (Phi) is 6.73. The number of esters is 1. The Bertz CT molecular complexity index is 410. The molecule has 1 N–H and O–H groups in total. The van der Waals surface area contributed by atoms with Gasteiger partial charge in [0.05, 0.1) is 11.7 Å². The molecule has 0 bridgehead atoms. The zero-order valence-electron chi connectivity index (χ0n) is 13.3. The summed E-state index contributed by atoms with van der Waals surface area (Å²) in [4.78, 5) is 11.8. The van der Waals surface area contributed by atoms with Crippen LogP contribution in [0.1, 0.15) is 62.5 Å². The van der Waals surface area contributed by atoms with E-state index in [-0.39, 0.29) is 12.1 Å². The SMILES string of the molecule is CN[C@H](CCC(C)C)c1ccc(C(=O)OC(C)C)cc1. The van der Waals surface area contributed by atoms with E-state index in [0.29, 0.717) is 17.5 Å². The molecule has 20 heavy (non-hydrogen) atoms. The molecule has 0 aromatic heterocycles. The molecular formula is C17H27NO2. The molecule has 0 amide bonds. The maximum Gasteiger partial charge on any atom is 0.338 e.